The largest absolute Gasteiger partial charge is 0.457 e. The summed E-state index contributed by atoms with van der Waals surface area (Å²) in [6.45, 7) is 0.832. The van der Waals surface area contributed by atoms with Crippen molar-refractivity contribution in [2.24, 2.45) is 5.92 Å². The van der Waals surface area contributed by atoms with E-state index in [9.17, 15) is 9.59 Å². The fraction of sp³-hybridized carbons (Fsp3) is 0.286. The minimum absolute atomic E-state index is 0.00395. The summed E-state index contributed by atoms with van der Waals surface area (Å²) < 4.78 is 4.94. The molecule has 0 N–H and O–H groups in total. The topological polar surface area (TPSA) is 46.6 Å². The molecule has 0 spiro atoms. The van der Waals surface area contributed by atoms with Crippen LogP contribution < -0.4 is 4.90 Å². The van der Waals surface area contributed by atoms with Crippen LogP contribution in [-0.4, -0.2) is 18.4 Å². The molecule has 2 aliphatic heterocycles. The number of hydrogen-bond donors (Lipinski definition) is 0. The number of hydrogen-bond acceptors (Lipinski definition) is 3. The Morgan fingerprint density at radius 1 is 1.39 bits per heavy atom. The van der Waals surface area contributed by atoms with Gasteiger partial charge in [0.25, 0.3) is 0 Å². The molecule has 0 bridgehead atoms. The molecule has 0 aromatic heterocycles. The Hall–Kier alpha value is -2.28. The van der Waals surface area contributed by atoms with Crippen LogP contribution in [0.25, 0.3) is 0 Å². The predicted molar refractivity (Wildman–Crippen MR) is 64.9 cm³/mol. The summed E-state index contributed by atoms with van der Waals surface area (Å²) in [6.07, 6.45) is 5.72. The molecule has 0 radical (unpaired) electrons. The zero-order chi connectivity index (χ0) is 12.7. The summed E-state index contributed by atoms with van der Waals surface area (Å²) >= 11 is 0. The van der Waals surface area contributed by atoms with E-state index in [2.05, 4.69) is 5.92 Å². The summed E-state index contributed by atoms with van der Waals surface area (Å²) in [5.74, 6) is 2.23. The number of carbonyl (C=O) groups is 2. The average molecular weight is 241 g/mol. The molecule has 1 amide bonds. The third-order valence-electron chi connectivity index (χ3n) is 3.34. The van der Waals surface area contributed by atoms with Gasteiger partial charge in [0.2, 0.25) is 5.91 Å². The second-order valence-electron chi connectivity index (χ2n) is 4.49. The first-order valence-corrected chi connectivity index (χ1v) is 5.75. The molecule has 90 valence electrons. The van der Waals surface area contributed by atoms with Crippen LogP contribution in [0, 0.1) is 18.3 Å². The van der Waals surface area contributed by atoms with Gasteiger partial charge in [0, 0.05) is 30.1 Å². The smallest absolute Gasteiger partial charge is 0.338 e. The number of rotatable bonds is 1. The minimum atomic E-state index is -0.327. The molecule has 4 nitrogen and oxygen atoms in total. The van der Waals surface area contributed by atoms with Gasteiger partial charge in [-0.3, -0.25) is 4.79 Å². The van der Waals surface area contributed by atoms with Gasteiger partial charge in [-0.15, -0.1) is 12.3 Å². The maximum absolute atomic E-state index is 11.8. The van der Waals surface area contributed by atoms with Gasteiger partial charge in [-0.25, -0.2) is 4.79 Å². The van der Waals surface area contributed by atoms with Crippen LogP contribution >= 0.6 is 0 Å². The van der Waals surface area contributed by atoms with E-state index in [0.717, 1.165) is 11.3 Å². The number of amides is 1. The molecular formula is C14H11NO3. The highest BCUT2D eigenvalue weighted by atomic mass is 16.5. The SMILES string of the molecule is C#CC1CC(=O)N(c2ccc3c(c2)C(=O)OC3)C1. The number of fused-ring (bicyclic) bond motifs is 1. The first-order chi connectivity index (χ1) is 8.69. The third-order valence-corrected chi connectivity index (χ3v) is 3.34. The van der Waals surface area contributed by atoms with Crippen LogP contribution in [0.5, 0.6) is 0 Å². The van der Waals surface area contributed by atoms with Crippen molar-refractivity contribution in [2.75, 3.05) is 11.4 Å². The highest BCUT2D eigenvalue weighted by Gasteiger charge is 2.31. The number of carbonyl (C=O) groups excluding carboxylic acids is 2. The molecule has 1 fully saturated rings. The lowest BCUT2D eigenvalue weighted by Crippen LogP contribution is -2.24. The Balaban J connectivity index is 1.95. The number of terminal acetylenes is 1. The Morgan fingerprint density at radius 2 is 2.22 bits per heavy atom. The lowest BCUT2D eigenvalue weighted by Gasteiger charge is -2.16. The summed E-state index contributed by atoms with van der Waals surface area (Å²) in [7, 11) is 0. The highest BCUT2D eigenvalue weighted by Crippen LogP contribution is 2.29. The van der Waals surface area contributed by atoms with Crippen molar-refractivity contribution in [3.05, 3.63) is 29.3 Å². The molecular weight excluding hydrogens is 230 g/mol. The van der Waals surface area contributed by atoms with Crippen molar-refractivity contribution in [1.82, 2.24) is 0 Å². The van der Waals surface area contributed by atoms with Crippen LogP contribution in [0.4, 0.5) is 5.69 Å². The lowest BCUT2D eigenvalue weighted by molar-refractivity contribution is -0.117. The molecule has 1 aromatic rings. The highest BCUT2D eigenvalue weighted by molar-refractivity contribution is 5.99. The predicted octanol–water partition coefficient (Wildman–Crippen LogP) is 1.34. The summed E-state index contributed by atoms with van der Waals surface area (Å²) in [6, 6.07) is 5.37. The number of cyclic esters (lactones) is 1. The molecule has 1 unspecified atom stereocenters. The van der Waals surface area contributed by atoms with Gasteiger partial charge in [0.15, 0.2) is 0 Å². The van der Waals surface area contributed by atoms with E-state index in [1.807, 2.05) is 12.1 Å². The molecule has 2 heterocycles. The normalized spacial score (nSPS) is 21.7. The van der Waals surface area contributed by atoms with Crippen molar-refractivity contribution in [1.29, 1.82) is 0 Å². The fourth-order valence-corrected chi connectivity index (χ4v) is 2.34. The molecule has 18 heavy (non-hydrogen) atoms. The van der Waals surface area contributed by atoms with Gasteiger partial charge in [-0.1, -0.05) is 6.07 Å². The standard InChI is InChI=1S/C14H11NO3/c1-2-9-5-13(16)15(7-9)11-4-3-10-8-18-14(17)12(10)6-11/h1,3-4,6,9H,5,7-8H2. The van der Waals surface area contributed by atoms with Gasteiger partial charge in [-0.05, 0) is 12.1 Å². The second-order valence-corrected chi connectivity index (χ2v) is 4.49. The van der Waals surface area contributed by atoms with Crippen molar-refractivity contribution in [2.45, 2.75) is 13.0 Å². The van der Waals surface area contributed by atoms with E-state index in [0.29, 0.717) is 25.1 Å². The van der Waals surface area contributed by atoms with Crippen LogP contribution in [-0.2, 0) is 16.1 Å². The van der Waals surface area contributed by atoms with E-state index in [-0.39, 0.29) is 17.8 Å². The molecule has 4 heteroatoms. The Kier molecular flexibility index (Phi) is 2.34. The molecule has 1 aromatic carbocycles. The minimum Gasteiger partial charge on any atom is -0.457 e. The van der Waals surface area contributed by atoms with Gasteiger partial charge in [-0.2, -0.15) is 0 Å². The van der Waals surface area contributed by atoms with Crippen molar-refractivity contribution < 1.29 is 14.3 Å². The van der Waals surface area contributed by atoms with Crippen molar-refractivity contribution >= 4 is 17.6 Å². The molecule has 1 saturated heterocycles. The number of benzene rings is 1. The summed E-state index contributed by atoms with van der Waals surface area (Å²) in [5, 5.41) is 0. The molecule has 3 rings (SSSR count). The molecule has 2 aliphatic rings. The van der Waals surface area contributed by atoms with Gasteiger partial charge in [0.1, 0.15) is 6.61 Å². The van der Waals surface area contributed by atoms with E-state index in [1.54, 1.807) is 11.0 Å². The Bertz CT molecular complexity index is 585. The summed E-state index contributed by atoms with van der Waals surface area (Å²) in [5.41, 5.74) is 2.13. The second kappa shape index (κ2) is 3.88. The summed E-state index contributed by atoms with van der Waals surface area (Å²) in [4.78, 5) is 25.0. The molecule has 1 atom stereocenters. The molecule has 0 saturated carbocycles. The van der Waals surface area contributed by atoms with E-state index in [1.165, 1.54) is 0 Å². The third kappa shape index (κ3) is 1.56. The number of ether oxygens (including phenoxy) is 1. The van der Waals surface area contributed by atoms with Crippen molar-refractivity contribution in [3.63, 3.8) is 0 Å². The quantitative estimate of drug-likeness (QED) is 0.550. The Morgan fingerprint density at radius 3 is 2.94 bits per heavy atom. The fourth-order valence-electron chi connectivity index (χ4n) is 2.34. The molecule has 0 aliphatic carbocycles. The van der Waals surface area contributed by atoms with Gasteiger partial charge < -0.3 is 9.64 Å². The first-order valence-electron chi connectivity index (χ1n) is 5.75. The van der Waals surface area contributed by atoms with Crippen molar-refractivity contribution in [3.8, 4) is 12.3 Å². The van der Waals surface area contributed by atoms with Crippen LogP contribution in [0.2, 0.25) is 0 Å². The zero-order valence-corrected chi connectivity index (χ0v) is 9.68. The monoisotopic (exact) mass is 241 g/mol. The lowest BCUT2D eigenvalue weighted by atomic mass is 10.1. The zero-order valence-electron chi connectivity index (χ0n) is 9.68. The van der Waals surface area contributed by atoms with Crippen LogP contribution in [0.15, 0.2) is 18.2 Å². The average Bonchev–Trinajstić information content (AvgIpc) is 2.93. The number of esters is 1. The van der Waals surface area contributed by atoms with Gasteiger partial charge >= 0.3 is 5.97 Å². The maximum atomic E-state index is 11.8. The number of anilines is 1. The maximum Gasteiger partial charge on any atom is 0.338 e. The number of nitrogens with zero attached hydrogens (tertiary/aromatic N) is 1. The van der Waals surface area contributed by atoms with Crippen LogP contribution in [0.3, 0.4) is 0 Å². The first kappa shape index (κ1) is 10.8. The Labute approximate surface area is 105 Å². The van der Waals surface area contributed by atoms with E-state index < -0.39 is 0 Å². The van der Waals surface area contributed by atoms with E-state index in [4.69, 9.17) is 11.2 Å². The van der Waals surface area contributed by atoms with Crippen LogP contribution in [0.1, 0.15) is 22.3 Å². The van der Waals surface area contributed by atoms with E-state index >= 15 is 0 Å². The van der Waals surface area contributed by atoms with Gasteiger partial charge in [0.05, 0.1) is 5.56 Å².